The molecule has 2 fully saturated rings. The first kappa shape index (κ1) is 16.4. The molecule has 0 N–H and O–H groups in total. The number of nitro benzene ring substituents is 1. The number of benzene rings is 2. The Morgan fingerprint density at radius 3 is 1.73 bits per heavy atom. The summed E-state index contributed by atoms with van der Waals surface area (Å²) in [5.74, 6) is -0.484. The summed E-state index contributed by atoms with van der Waals surface area (Å²) in [5.41, 5.74) is 2.36. The highest BCUT2D eigenvalue weighted by Crippen LogP contribution is 2.40. The van der Waals surface area contributed by atoms with E-state index in [1.54, 1.807) is 24.3 Å². The Labute approximate surface area is 150 Å². The van der Waals surface area contributed by atoms with Crippen LogP contribution in [0.3, 0.4) is 0 Å². The van der Waals surface area contributed by atoms with Gasteiger partial charge in [0.05, 0.1) is 22.4 Å². The summed E-state index contributed by atoms with van der Waals surface area (Å²) in [5, 5.41) is 10.7. The van der Waals surface area contributed by atoms with Gasteiger partial charge in [-0.2, -0.15) is 0 Å². The van der Waals surface area contributed by atoms with E-state index < -0.39 is 4.92 Å². The molecule has 1 aliphatic carbocycles. The SMILES string of the molecule is O=C1[C@@H]2CCCC[C@H]2C(=O)N1c1ccc(-c2ccc([N+](=O)[O-])cc2)cc1. The zero-order valence-electron chi connectivity index (χ0n) is 14.1. The molecule has 2 aromatic rings. The van der Waals surface area contributed by atoms with E-state index in [1.165, 1.54) is 17.0 Å². The molecule has 2 aromatic carbocycles. The number of anilines is 1. The molecule has 2 aliphatic rings. The number of nitrogens with zero attached hydrogens (tertiary/aromatic N) is 2. The molecular weight excluding hydrogens is 332 g/mol. The van der Waals surface area contributed by atoms with E-state index in [9.17, 15) is 19.7 Å². The lowest BCUT2D eigenvalue weighted by molar-refractivity contribution is -0.384. The van der Waals surface area contributed by atoms with Crippen LogP contribution in [0.1, 0.15) is 25.7 Å². The quantitative estimate of drug-likeness (QED) is 0.477. The highest BCUT2D eigenvalue weighted by atomic mass is 16.6. The van der Waals surface area contributed by atoms with Gasteiger partial charge in [-0.25, -0.2) is 0 Å². The lowest BCUT2D eigenvalue weighted by atomic mass is 9.81. The number of non-ortho nitro benzene ring substituents is 1. The first-order valence-corrected chi connectivity index (χ1v) is 8.79. The van der Waals surface area contributed by atoms with E-state index in [0.29, 0.717) is 5.69 Å². The average Bonchev–Trinajstić information content (AvgIpc) is 2.93. The minimum absolute atomic E-state index is 0.0428. The largest absolute Gasteiger partial charge is 0.274 e. The number of imide groups is 1. The predicted octanol–water partition coefficient (Wildman–Crippen LogP) is 3.94. The zero-order valence-corrected chi connectivity index (χ0v) is 14.1. The van der Waals surface area contributed by atoms with Crippen molar-refractivity contribution in [1.29, 1.82) is 0 Å². The van der Waals surface area contributed by atoms with Crippen molar-refractivity contribution in [3.05, 3.63) is 58.6 Å². The monoisotopic (exact) mass is 350 g/mol. The molecular formula is C20H18N2O4. The topological polar surface area (TPSA) is 80.5 Å². The Morgan fingerprint density at radius 1 is 0.808 bits per heavy atom. The first-order valence-electron chi connectivity index (χ1n) is 8.79. The maximum absolute atomic E-state index is 12.6. The Morgan fingerprint density at radius 2 is 1.27 bits per heavy atom. The average molecular weight is 350 g/mol. The number of nitro groups is 1. The molecule has 1 heterocycles. The molecule has 4 rings (SSSR count). The third kappa shape index (κ3) is 2.67. The maximum atomic E-state index is 12.6. The minimum Gasteiger partial charge on any atom is -0.274 e. The second kappa shape index (κ2) is 6.37. The molecule has 0 spiro atoms. The summed E-state index contributed by atoms with van der Waals surface area (Å²) in [6.07, 6.45) is 3.61. The number of fused-ring (bicyclic) bond motifs is 1. The summed E-state index contributed by atoms with van der Waals surface area (Å²) in [4.78, 5) is 36.9. The number of carbonyl (C=O) groups is 2. The second-order valence-corrected chi connectivity index (χ2v) is 6.86. The smallest absolute Gasteiger partial charge is 0.269 e. The zero-order chi connectivity index (χ0) is 18.3. The van der Waals surface area contributed by atoms with Crippen LogP contribution in [0.25, 0.3) is 11.1 Å². The molecule has 132 valence electrons. The molecule has 26 heavy (non-hydrogen) atoms. The number of hydrogen-bond acceptors (Lipinski definition) is 4. The van der Waals surface area contributed by atoms with Crippen LogP contribution in [0.2, 0.25) is 0 Å². The van der Waals surface area contributed by atoms with Crippen LogP contribution in [0.4, 0.5) is 11.4 Å². The van der Waals surface area contributed by atoms with E-state index in [2.05, 4.69) is 0 Å². The minimum atomic E-state index is -0.434. The molecule has 0 radical (unpaired) electrons. The van der Waals surface area contributed by atoms with Gasteiger partial charge in [0, 0.05) is 12.1 Å². The van der Waals surface area contributed by atoms with Crippen LogP contribution < -0.4 is 4.90 Å². The first-order chi connectivity index (χ1) is 12.6. The van der Waals surface area contributed by atoms with Crippen molar-refractivity contribution in [2.24, 2.45) is 11.8 Å². The van der Waals surface area contributed by atoms with Gasteiger partial charge in [0.2, 0.25) is 11.8 Å². The fraction of sp³-hybridized carbons (Fsp3) is 0.300. The van der Waals surface area contributed by atoms with Crippen LogP contribution in [0, 0.1) is 22.0 Å². The van der Waals surface area contributed by atoms with Crippen LogP contribution in [0.5, 0.6) is 0 Å². The van der Waals surface area contributed by atoms with Gasteiger partial charge >= 0.3 is 0 Å². The van der Waals surface area contributed by atoms with E-state index >= 15 is 0 Å². The summed E-state index contributed by atoms with van der Waals surface area (Å²) in [6.45, 7) is 0. The van der Waals surface area contributed by atoms with Gasteiger partial charge < -0.3 is 0 Å². The van der Waals surface area contributed by atoms with Crippen LogP contribution >= 0.6 is 0 Å². The Bertz CT molecular complexity index is 850. The molecule has 6 nitrogen and oxygen atoms in total. The standard InChI is InChI=1S/C20H18N2O4/c23-19-17-3-1-2-4-18(17)20(24)21(19)15-9-5-13(6-10-15)14-7-11-16(12-8-14)22(25)26/h5-12,17-18H,1-4H2/t17-,18-/m1/s1. The Kier molecular flexibility index (Phi) is 4.03. The number of carbonyl (C=O) groups excluding carboxylic acids is 2. The third-order valence-electron chi connectivity index (χ3n) is 5.38. The highest BCUT2D eigenvalue weighted by molar-refractivity contribution is 6.22. The molecule has 6 heteroatoms. The Balaban J connectivity index is 1.59. The summed E-state index contributed by atoms with van der Waals surface area (Å²) in [6, 6.07) is 13.5. The van der Waals surface area contributed by atoms with Gasteiger partial charge in [0.15, 0.2) is 0 Å². The number of rotatable bonds is 3. The molecule has 2 amide bonds. The van der Waals surface area contributed by atoms with E-state index in [4.69, 9.17) is 0 Å². The van der Waals surface area contributed by atoms with Gasteiger partial charge in [-0.1, -0.05) is 25.0 Å². The van der Waals surface area contributed by atoms with Crippen LogP contribution in [0.15, 0.2) is 48.5 Å². The number of hydrogen-bond donors (Lipinski definition) is 0. The molecule has 0 bridgehead atoms. The number of amides is 2. The van der Waals surface area contributed by atoms with Crippen molar-refractivity contribution in [1.82, 2.24) is 0 Å². The van der Waals surface area contributed by atoms with E-state index in [0.717, 1.165) is 36.8 Å². The predicted molar refractivity (Wildman–Crippen MR) is 96.5 cm³/mol. The summed E-state index contributed by atoms with van der Waals surface area (Å²) < 4.78 is 0. The van der Waals surface area contributed by atoms with E-state index in [-0.39, 0.29) is 29.3 Å². The maximum Gasteiger partial charge on any atom is 0.269 e. The van der Waals surface area contributed by atoms with E-state index in [1.807, 2.05) is 12.1 Å². The lowest BCUT2D eigenvalue weighted by Crippen LogP contribution is -2.30. The van der Waals surface area contributed by atoms with Gasteiger partial charge in [-0.3, -0.25) is 24.6 Å². The van der Waals surface area contributed by atoms with Crippen molar-refractivity contribution in [3.8, 4) is 11.1 Å². The van der Waals surface area contributed by atoms with Crippen molar-refractivity contribution in [2.75, 3.05) is 4.90 Å². The molecule has 2 atom stereocenters. The van der Waals surface area contributed by atoms with Gasteiger partial charge in [-0.15, -0.1) is 0 Å². The summed E-state index contributed by atoms with van der Waals surface area (Å²) in [7, 11) is 0. The third-order valence-corrected chi connectivity index (χ3v) is 5.38. The molecule has 1 aliphatic heterocycles. The van der Waals surface area contributed by atoms with Crippen LogP contribution in [-0.4, -0.2) is 16.7 Å². The second-order valence-electron chi connectivity index (χ2n) is 6.86. The fourth-order valence-corrected chi connectivity index (χ4v) is 4.00. The van der Waals surface area contributed by atoms with Crippen molar-refractivity contribution >= 4 is 23.2 Å². The van der Waals surface area contributed by atoms with Gasteiger partial charge in [-0.05, 0) is 48.2 Å². The Hall–Kier alpha value is -3.02. The van der Waals surface area contributed by atoms with Gasteiger partial charge in [0.25, 0.3) is 5.69 Å². The molecule has 0 unspecified atom stereocenters. The van der Waals surface area contributed by atoms with Crippen molar-refractivity contribution in [2.45, 2.75) is 25.7 Å². The van der Waals surface area contributed by atoms with Crippen molar-refractivity contribution < 1.29 is 14.5 Å². The van der Waals surface area contributed by atoms with Crippen LogP contribution in [-0.2, 0) is 9.59 Å². The summed E-state index contributed by atoms with van der Waals surface area (Å²) >= 11 is 0. The normalized spacial score (nSPS) is 22.4. The molecule has 0 aromatic heterocycles. The molecule has 1 saturated carbocycles. The van der Waals surface area contributed by atoms with Gasteiger partial charge in [0.1, 0.15) is 0 Å². The fourth-order valence-electron chi connectivity index (χ4n) is 4.00. The molecule has 1 saturated heterocycles. The van der Waals surface area contributed by atoms with Crippen molar-refractivity contribution in [3.63, 3.8) is 0 Å². The lowest BCUT2D eigenvalue weighted by Gasteiger charge is -2.19. The highest BCUT2D eigenvalue weighted by Gasteiger charge is 2.48.